The predicted molar refractivity (Wildman–Crippen MR) is 57.3 cm³/mol. The molecule has 1 heterocycles. The first kappa shape index (κ1) is 10.6. The van der Waals surface area contributed by atoms with Crippen LogP contribution in [0, 0.1) is 3.70 Å². The van der Waals surface area contributed by atoms with Crippen molar-refractivity contribution in [2.45, 2.75) is 6.18 Å². The Kier molecular flexibility index (Phi) is 2.53. The summed E-state index contributed by atoms with van der Waals surface area (Å²) in [6.07, 6.45) is -2.88. The first-order valence-electron chi connectivity index (χ1n) is 3.96. The summed E-state index contributed by atoms with van der Waals surface area (Å²) in [6.45, 7) is 0. The number of hydrogen-bond acceptors (Lipinski definition) is 2. The summed E-state index contributed by atoms with van der Waals surface area (Å²) in [7, 11) is 0. The molecule has 0 N–H and O–H groups in total. The van der Waals surface area contributed by atoms with Crippen LogP contribution in [0.15, 0.2) is 24.4 Å². The molecule has 78 valence electrons. The summed E-state index contributed by atoms with van der Waals surface area (Å²) in [5.41, 5.74) is -0.666. The molecule has 0 amide bonds. The van der Waals surface area contributed by atoms with Gasteiger partial charge in [0.05, 0.1) is 11.8 Å². The van der Waals surface area contributed by atoms with Gasteiger partial charge in [-0.3, -0.25) is 0 Å². The van der Waals surface area contributed by atoms with Crippen LogP contribution in [-0.4, -0.2) is 10.2 Å². The minimum absolute atomic E-state index is 0.469. The Morgan fingerprint density at radius 2 is 1.93 bits per heavy atom. The van der Waals surface area contributed by atoms with E-state index in [2.05, 4.69) is 10.2 Å². The van der Waals surface area contributed by atoms with Crippen molar-refractivity contribution in [1.29, 1.82) is 0 Å². The monoisotopic (exact) mass is 324 g/mol. The lowest BCUT2D eigenvalue weighted by Gasteiger charge is -2.07. The highest BCUT2D eigenvalue weighted by molar-refractivity contribution is 14.1. The average Bonchev–Trinajstić information content (AvgIpc) is 2.16. The lowest BCUT2D eigenvalue weighted by atomic mass is 10.1. The second-order valence-corrected chi connectivity index (χ2v) is 3.96. The van der Waals surface area contributed by atoms with E-state index in [1.165, 1.54) is 12.3 Å². The third-order valence-corrected chi connectivity index (χ3v) is 2.74. The van der Waals surface area contributed by atoms with Crippen molar-refractivity contribution < 1.29 is 13.2 Å². The molecule has 2 nitrogen and oxygen atoms in total. The molecule has 0 radical (unpaired) electrons. The van der Waals surface area contributed by atoms with E-state index in [4.69, 9.17) is 0 Å². The Morgan fingerprint density at radius 1 is 1.20 bits per heavy atom. The van der Waals surface area contributed by atoms with Crippen LogP contribution in [0.2, 0.25) is 0 Å². The summed E-state index contributed by atoms with van der Waals surface area (Å²) in [6, 6.07) is 3.53. The molecular weight excluding hydrogens is 320 g/mol. The number of fused-ring (bicyclic) bond motifs is 1. The van der Waals surface area contributed by atoms with Crippen LogP contribution in [0.5, 0.6) is 0 Å². The van der Waals surface area contributed by atoms with Gasteiger partial charge in [-0.2, -0.15) is 18.3 Å². The Hall–Kier alpha value is -0.920. The summed E-state index contributed by atoms with van der Waals surface area (Å²) >= 11 is 1.86. The second-order valence-electron chi connectivity index (χ2n) is 2.94. The van der Waals surface area contributed by atoms with E-state index in [9.17, 15) is 13.2 Å². The van der Waals surface area contributed by atoms with Gasteiger partial charge in [0.15, 0.2) is 0 Å². The largest absolute Gasteiger partial charge is 0.416 e. The van der Waals surface area contributed by atoms with Gasteiger partial charge in [0, 0.05) is 10.8 Å². The summed E-state index contributed by atoms with van der Waals surface area (Å²) in [4.78, 5) is 0. The van der Waals surface area contributed by atoms with E-state index >= 15 is 0 Å². The van der Waals surface area contributed by atoms with E-state index in [-0.39, 0.29) is 0 Å². The van der Waals surface area contributed by atoms with Crippen LogP contribution in [0.25, 0.3) is 10.8 Å². The van der Waals surface area contributed by atoms with Gasteiger partial charge in [0.25, 0.3) is 0 Å². The van der Waals surface area contributed by atoms with E-state index in [1.54, 1.807) is 0 Å². The van der Waals surface area contributed by atoms with Crippen molar-refractivity contribution >= 4 is 33.4 Å². The molecule has 15 heavy (non-hydrogen) atoms. The van der Waals surface area contributed by atoms with Crippen molar-refractivity contribution in [3.63, 3.8) is 0 Å². The van der Waals surface area contributed by atoms with Crippen molar-refractivity contribution in [3.05, 3.63) is 33.7 Å². The summed E-state index contributed by atoms with van der Waals surface area (Å²) in [5, 5.41) is 8.49. The number of nitrogens with zero attached hydrogens (tertiary/aromatic N) is 2. The topological polar surface area (TPSA) is 25.8 Å². The maximum Gasteiger partial charge on any atom is 0.416 e. The van der Waals surface area contributed by atoms with Gasteiger partial charge < -0.3 is 0 Å². The molecule has 2 aromatic rings. The van der Waals surface area contributed by atoms with Crippen LogP contribution in [0.1, 0.15) is 5.56 Å². The zero-order chi connectivity index (χ0) is 11.1. The van der Waals surface area contributed by atoms with Crippen molar-refractivity contribution in [2.24, 2.45) is 0 Å². The molecule has 0 spiro atoms. The summed E-state index contributed by atoms with van der Waals surface area (Å²) < 4.78 is 37.7. The van der Waals surface area contributed by atoms with Crippen molar-refractivity contribution in [1.82, 2.24) is 10.2 Å². The first-order valence-corrected chi connectivity index (χ1v) is 5.04. The predicted octanol–water partition coefficient (Wildman–Crippen LogP) is 3.25. The molecule has 0 unspecified atom stereocenters. The van der Waals surface area contributed by atoms with Gasteiger partial charge >= 0.3 is 6.18 Å². The van der Waals surface area contributed by atoms with Gasteiger partial charge in [-0.25, -0.2) is 0 Å². The first-order chi connectivity index (χ1) is 6.98. The van der Waals surface area contributed by atoms with E-state index in [1.807, 2.05) is 22.6 Å². The van der Waals surface area contributed by atoms with Gasteiger partial charge in [-0.1, -0.05) is 6.07 Å². The lowest BCUT2D eigenvalue weighted by Crippen LogP contribution is -2.04. The van der Waals surface area contributed by atoms with E-state index in [0.29, 0.717) is 14.5 Å². The maximum absolute atomic E-state index is 12.4. The van der Waals surface area contributed by atoms with E-state index < -0.39 is 11.7 Å². The maximum atomic E-state index is 12.4. The van der Waals surface area contributed by atoms with Gasteiger partial charge in [-0.05, 0) is 34.7 Å². The lowest BCUT2D eigenvalue weighted by molar-refractivity contribution is -0.137. The Bertz CT molecular complexity index is 510. The standard InChI is InChI=1S/C9H4F3IN2/c10-9(11,12)6-2-1-5-4-14-15-8(13)7(5)3-6/h1-4H. The molecule has 0 saturated carbocycles. The van der Waals surface area contributed by atoms with Crippen molar-refractivity contribution in [2.75, 3.05) is 0 Å². The number of halogens is 4. The molecule has 0 fully saturated rings. The third kappa shape index (κ3) is 2.04. The normalized spacial score (nSPS) is 12.0. The number of alkyl halides is 3. The number of aromatic nitrogens is 2. The molecule has 0 atom stereocenters. The molecule has 0 aliphatic rings. The molecule has 0 aliphatic heterocycles. The fourth-order valence-corrected chi connectivity index (χ4v) is 1.81. The molecule has 1 aromatic carbocycles. The molecular formula is C9H4F3IN2. The third-order valence-electron chi connectivity index (χ3n) is 1.95. The zero-order valence-corrected chi connectivity index (χ0v) is 9.37. The minimum atomic E-state index is -4.32. The molecule has 2 rings (SSSR count). The highest BCUT2D eigenvalue weighted by atomic mass is 127. The zero-order valence-electron chi connectivity index (χ0n) is 7.22. The molecule has 1 aromatic heterocycles. The molecule has 6 heteroatoms. The second kappa shape index (κ2) is 3.58. The van der Waals surface area contributed by atoms with Crippen LogP contribution >= 0.6 is 22.6 Å². The molecule has 0 saturated heterocycles. The smallest absolute Gasteiger partial charge is 0.166 e. The van der Waals surface area contributed by atoms with Gasteiger partial charge in [0.1, 0.15) is 3.70 Å². The quantitative estimate of drug-likeness (QED) is 0.695. The van der Waals surface area contributed by atoms with Crippen LogP contribution in [-0.2, 0) is 6.18 Å². The van der Waals surface area contributed by atoms with Gasteiger partial charge in [-0.15, -0.1) is 5.10 Å². The van der Waals surface area contributed by atoms with Crippen LogP contribution in [0.4, 0.5) is 13.2 Å². The SMILES string of the molecule is FC(F)(F)c1ccc2cnnc(I)c2c1. The highest BCUT2D eigenvalue weighted by Crippen LogP contribution is 2.31. The Balaban J connectivity index is 2.70. The summed E-state index contributed by atoms with van der Waals surface area (Å²) in [5.74, 6) is 0. The van der Waals surface area contributed by atoms with Crippen LogP contribution < -0.4 is 0 Å². The minimum Gasteiger partial charge on any atom is -0.166 e. The van der Waals surface area contributed by atoms with Gasteiger partial charge in [0.2, 0.25) is 0 Å². The Morgan fingerprint density at radius 3 is 2.60 bits per heavy atom. The highest BCUT2D eigenvalue weighted by Gasteiger charge is 2.30. The number of rotatable bonds is 0. The Labute approximate surface area is 96.6 Å². The fourth-order valence-electron chi connectivity index (χ4n) is 1.22. The average molecular weight is 324 g/mol. The van der Waals surface area contributed by atoms with E-state index in [0.717, 1.165) is 12.1 Å². The molecule has 0 aliphatic carbocycles. The molecule has 0 bridgehead atoms. The number of benzene rings is 1. The fraction of sp³-hybridized carbons (Fsp3) is 0.111. The van der Waals surface area contributed by atoms with Crippen LogP contribution in [0.3, 0.4) is 0 Å². The van der Waals surface area contributed by atoms with Crippen molar-refractivity contribution in [3.8, 4) is 0 Å². The number of hydrogen-bond donors (Lipinski definition) is 0.